The molecule has 0 aliphatic heterocycles. The van der Waals surface area contributed by atoms with E-state index in [4.69, 9.17) is 10.5 Å². The molecule has 4 amide bonds. The summed E-state index contributed by atoms with van der Waals surface area (Å²) in [4.78, 5) is 41.5. The van der Waals surface area contributed by atoms with Gasteiger partial charge >= 0.3 is 12.1 Å². The highest BCUT2D eigenvalue weighted by atomic mass is 32.2. The lowest BCUT2D eigenvalue weighted by Crippen LogP contribution is -2.40. The molecule has 176 valence electrons. The van der Waals surface area contributed by atoms with Crippen LogP contribution in [0.5, 0.6) is 0 Å². The quantitative estimate of drug-likeness (QED) is 0.240. The standard InChI is InChI=1S/C21H25N5O6S/c1-4-18(27)24-20(25-21(29)32-3)23-16-11-10-15(33(30)14-8-6-5-7-9-14)12-17(16)26(13-31-2)19(22)28/h5-12H,4,13H2,1-3H3,(H2,22,28)(H2,23,24,25,27,29). The summed E-state index contributed by atoms with van der Waals surface area (Å²) < 4.78 is 22.7. The van der Waals surface area contributed by atoms with Gasteiger partial charge in [0.15, 0.2) is 9.79 Å². The molecule has 2 aromatic rings. The van der Waals surface area contributed by atoms with Crippen molar-refractivity contribution >= 4 is 46.5 Å². The fourth-order valence-electron chi connectivity index (χ4n) is 2.58. The van der Waals surface area contributed by atoms with Crippen molar-refractivity contribution in [3.63, 3.8) is 0 Å². The zero-order valence-electron chi connectivity index (χ0n) is 18.4. The number of nitrogens with zero attached hydrogens (tertiary/aromatic N) is 2. The highest BCUT2D eigenvalue weighted by Gasteiger charge is 2.23. The minimum atomic E-state index is -1.55. The normalized spacial score (nSPS) is 11.9. The average Bonchev–Trinajstić information content (AvgIpc) is 2.82. The number of nitrogens with two attached hydrogens (primary N) is 1. The van der Waals surface area contributed by atoms with Crippen molar-refractivity contribution in [2.45, 2.75) is 23.1 Å². The number of amides is 4. The SMILES string of the molecule is CCC(=O)N=C(NC(=O)OC)Nc1ccc([S+]([O-])c2ccccc2)cc1N(COC)C(N)=O. The predicted molar refractivity (Wildman–Crippen MR) is 123 cm³/mol. The van der Waals surface area contributed by atoms with E-state index in [1.807, 2.05) is 0 Å². The molecule has 33 heavy (non-hydrogen) atoms. The first kappa shape index (κ1) is 25.6. The molecule has 0 aromatic heterocycles. The summed E-state index contributed by atoms with van der Waals surface area (Å²) in [7, 11) is 2.53. The van der Waals surface area contributed by atoms with Crippen LogP contribution in [0.15, 0.2) is 63.3 Å². The van der Waals surface area contributed by atoms with Gasteiger partial charge in [0.1, 0.15) is 6.73 Å². The number of hydrogen-bond acceptors (Lipinski definition) is 6. The number of anilines is 2. The van der Waals surface area contributed by atoms with E-state index in [1.165, 1.54) is 19.2 Å². The van der Waals surface area contributed by atoms with Crippen LogP contribution in [0.25, 0.3) is 0 Å². The van der Waals surface area contributed by atoms with Crippen LogP contribution in [0.4, 0.5) is 21.0 Å². The molecule has 11 nitrogen and oxygen atoms in total. The third-order valence-electron chi connectivity index (χ3n) is 4.15. The van der Waals surface area contributed by atoms with Gasteiger partial charge < -0.3 is 25.1 Å². The second-order valence-electron chi connectivity index (χ2n) is 6.39. The van der Waals surface area contributed by atoms with Gasteiger partial charge in [0.25, 0.3) is 0 Å². The van der Waals surface area contributed by atoms with E-state index in [-0.39, 0.29) is 30.5 Å². The van der Waals surface area contributed by atoms with Crippen molar-refractivity contribution in [3.8, 4) is 0 Å². The van der Waals surface area contributed by atoms with Gasteiger partial charge in [-0.05, 0) is 24.3 Å². The summed E-state index contributed by atoms with van der Waals surface area (Å²) in [6, 6.07) is 12.5. The third-order valence-corrected chi connectivity index (χ3v) is 5.54. The van der Waals surface area contributed by atoms with Gasteiger partial charge in [0, 0.05) is 30.8 Å². The Kier molecular flexibility index (Phi) is 9.66. The topological polar surface area (TPSA) is 158 Å². The summed E-state index contributed by atoms with van der Waals surface area (Å²) >= 11 is -1.55. The van der Waals surface area contributed by atoms with Crippen molar-refractivity contribution < 1.29 is 28.4 Å². The lowest BCUT2D eigenvalue weighted by molar-refractivity contribution is -0.117. The van der Waals surface area contributed by atoms with Gasteiger partial charge in [-0.3, -0.25) is 15.0 Å². The highest BCUT2D eigenvalue weighted by Crippen LogP contribution is 2.31. The minimum Gasteiger partial charge on any atom is -0.606 e. The molecule has 0 spiro atoms. The van der Waals surface area contributed by atoms with Crippen LogP contribution in [0.3, 0.4) is 0 Å². The molecule has 0 saturated heterocycles. The molecule has 2 rings (SSSR count). The molecule has 1 atom stereocenters. The Hall–Kier alpha value is -3.61. The van der Waals surface area contributed by atoms with Crippen LogP contribution >= 0.6 is 0 Å². The second kappa shape index (κ2) is 12.4. The number of hydrogen-bond donors (Lipinski definition) is 3. The first-order chi connectivity index (χ1) is 15.8. The number of nitrogens with one attached hydrogen (secondary N) is 2. The smallest absolute Gasteiger partial charge is 0.413 e. The molecular weight excluding hydrogens is 450 g/mol. The highest BCUT2D eigenvalue weighted by molar-refractivity contribution is 7.91. The molecule has 4 N–H and O–H groups in total. The maximum absolute atomic E-state index is 13.0. The number of benzene rings is 2. The molecule has 0 aliphatic carbocycles. The molecule has 2 aromatic carbocycles. The van der Waals surface area contributed by atoms with Crippen LogP contribution in [-0.2, 0) is 25.4 Å². The maximum Gasteiger partial charge on any atom is 0.413 e. The fourth-order valence-corrected chi connectivity index (χ4v) is 3.67. The largest absolute Gasteiger partial charge is 0.606 e. The Morgan fingerprint density at radius 1 is 1.12 bits per heavy atom. The summed E-state index contributed by atoms with van der Waals surface area (Å²) in [5.74, 6) is -0.741. The Bertz CT molecular complexity index is 1020. The zero-order valence-corrected chi connectivity index (χ0v) is 19.2. The second-order valence-corrected chi connectivity index (χ2v) is 7.87. The maximum atomic E-state index is 13.0. The summed E-state index contributed by atoms with van der Waals surface area (Å²) in [6.45, 7) is 1.39. The van der Waals surface area contributed by atoms with Gasteiger partial charge in [-0.2, -0.15) is 4.99 Å². The Morgan fingerprint density at radius 3 is 2.39 bits per heavy atom. The molecule has 0 saturated carbocycles. The number of carbonyl (C=O) groups is 3. The number of alkyl carbamates (subject to hydrolysis) is 1. The van der Waals surface area contributed by atoms with Crippen LogP contribution in [-0.4, -0.2) is 49.5 Å². The Balaban J connectivity index is 2.55. The fraction of sp³-hybridized carbons (Fsp3) is 0.238. The Morgan fingerprint density at radius 2 is 1.82 bits per heavy atom. The molecule has 0 aliphatic rings. The van der Waals surface area contributed by atoms with Gasteiger partial charge in [-0.1, -0.05) is 25.1 Å². The van der Waals surface area contributed by atoms with E-state index in [0.29, 0.717) is 9.79 Å². The van der Waals surface area contributed by atoms with Crippen molar-refractivity contribution in [3.05, 3.63) is 48.5 Å². The monoisotopic (exact) mass is 475 g/mol. The number of aliphatic imine (C=N–C) groups is 1. The summed E-state index contributed by atoms with van der Waals surface area (Å²) in [5, 5.41) is 5.09. The first-order valence-corrected chi connectivity index (χ1v) is 10.9. The van der Waals surface area contributed by atoms with E-state index in [2.05, 4.69) is 20.4 Å². The lowest BCUT2D eigenvalue weighted by atomic mass is 10.2. The van der Waals surface area contributed by atoms with Crippen LogP contribution < -0.4 is 21.3 Å². The van der Waals surface area contributed by atoms with Gasteiger partial charge in [-0.15, -0.1) is 0 Å². The summed E-state index contributed by atoms with van der Waals surface area (Å²) in [5.41, 5.74) is 5.95. The third kappa shape index (κ3) is 7.20. The van der Waals surface area contributed by atoms with Crippen molar-refractivity contribution in [1.29, 1.82) is 0 Å². The van der Waals surface area contributed by atoms with Gasteiger partial charge in [-0.25, -0.2) is 9.59 Å². The molecule has 12 heteroatoms. The lowest BCUT2D eigenvalue weighted by Gasteiger charge is -2.24. The van der Waals surface area contributed by atoms with E-state index >= 15 is 0 Å². The first-order valence-electron chi connectivity index (χ1n) is 9.71. The molecular formula is C21H25N5O6S. The zero-order chi connectivity index (χ0) is 24.4. The van der Waals surface area contributed by atoms with Gasteiger partial charge in [0.05, 0.1) is 18.5 Å². The van der Waals surface area contributed by atoms with Crippen LogP contribution in [0.2, 0.25) is 0 Å². The number of ether oxygens (including phenoxy) is 2. The molecule has 0 radical (unpaired) electrons. The van der Waals surface area contributed by atoms with E-state index < -0.39 is 29.2 Å². The number of methoxy groups -OCH3 is 2. The van der Waals surface area contributed by atoms with Crippen LogP contribution in [0, 0.1) is 0 Å². The number of primary amides is 1. The predicted octanol–water partition coefficient (Wildman–Crippen LogP) is 2.40. The number of urea groups is 1. The molecule has 0 fully saturated rings. The van der Waals surface area contributed by atoms with E-state index in [1.54, 1.807) is 43.3 Å². The van der Waals surface area contributed by atoms with Crippen molar-refractivity contribution in [2.75, 3.05) is 31.2 Å². The van der Waals surface area contributed by atoms with Crippen molar-refractivity contribution in [2.24, 2.45) is 10.7 Å². The van der Waals surface area contributed by atoms with Crippen LogP contribution in [0.1, 0.15) is 13.3 Å². The average molecular weight is 476 g/mol. The van der Waals surface area contributed by atoms with E-state index in [9.17, 15) is 18.9 Å². The Labute approximate surface area is 194 Å². The number of guanidine groups is 1. The summed E-state index contributed by atoms with van der Waals surface area (Å²) in [6.07, 6.45) is -0.773. The van der Waals surface area contributed by atoms with Crippen molar-refractivity contribution in [1.82, 2.24) is 5.32 Å². The molecule has 0 heterocycles. The van der Waals surface area contributed by atoms with E-state index in [0.717, 1.165) is 12.0 Å². The molecule has 0 bridgehead atoms. The number of rotatable bonds is 7. The minimum absolute atomic E-state index is 0.0902. The molecule has 1 unspecified atom stereocenters. The van der Waals surface area contributed by atoms with Gasteiger partial charge in [0.2, 0.25) is 11.9 Å². The number of carbonyl (C=O) groups excluding carboxylic acids is 3.